The number of aliphatic hydroxyl groups is 1. The first-order valence-electron chi connectivity index (χ1n) is 9.43. The highest BCUT2D eigenvalue weighted by Gasteiger charge is 2.33. The predicted molar refractivity (Wildman–Crippen MR) is 99.2 cm³/mol. The highest BCUT2D eigenvalue weighted by atomic mass is 16.3. The zero-order valence-electron chi connectivity index (χ0n) is 16.3. The molecule has 2 N–H and O–H groups in total. The fourth-order valence-corrected chi connectivity index (χ4v) is 3.57. The maximum absolute atomic E-state index is 12.7. The minimum atomic E-state index is -0.395. The lowest BCUT2D eigenvalue weighted by atomic mass is 10.0. The Morgan fingerprint density at radius 2 is 1.96 bits per heavy atom. The summed E-state index contributed by atoms with van der Waals surface area (Å²) in [6.07, 6.45) is 0.353. The van der Waals surface area contributed by atoms with E-state index in [4.69, 9.17) is 0 Å². The number of nitrogens with zero attached hydrogens (tertiary/aromatic N) is 3. The second-order valence-electron chi connectivity index (χ2n) is 8.35. The van der Waals surface area contributed by atoms with E-state index in [1.807, 2.05) is 17.9 Å². The van der Waals surface area contributed by atoms with Crippen LogP contribution in [0.3, 0.4) is 0 Å². The van der Waals surface area contributed by atoms with Gasteiger partial charge in [-0.15, -0.1) is 0 Å². The summed E-state index contributed by atoms with van der Waals surface area (Å²) < 4.78 is 0. The molecular formula is C19H34N4O2. The van der Waals surface area contributed by atoms with Crippen LogP contribution in [-0.4, -0.2) is 69.8 Å². The molecule has 6 heteroatoms. The molecule has 0 unspecified atom stereocenters. The van der Waals surface area contributed by atoms with Gasteiger partial charge >= 0.3 is 0 Å². The lowest BCUT2D eigenvalue weighted by molar-refractivity contribution is -0.133. The Balaban J connectivity index is 1.89. The Labute approximate surface area is 151 Å². The Bertz CT molecular complexity index is 545. The molecule has 1 amide bonds. The standard InChI is InChI=1S/C19H34N4O2/c1-13(2)8-23(9-14(3)4)19(25)12-22-10-16(18(24)11-22)7-17-6-15(5)20-21-17/h6,13-14,16,18,24H,7-12H2,1-5H3,(H,20,21)/t16-,18-/m1/s1. The number of amides is 1. The Morgan fingerprint density at radius 3 is 2.48 bits per heavy atom. The van der Waals surface area contributed by atoms with Crippen molar-refractivity contribution in [2.24, 2.45) is 17.8 Å². The average molecular weight is 351 g/mol. The fourth-order valence-electron chi connectivity index (χ4n) is 3.57. The van der Waals surface area contributed by atoms with E-state index in [0.29, 0.717) is 24.9 Å². The first-order valence-corrected chi connectivity index (χ1v) is 9.43. The molecule has 0 radical (unpaired) electrons. The molecule has 0 aromatic carbocycles. The molecule has 2 heterocycles. The quantitative estimate of drug-likeness (QED) is 0.748. The van der Waals surface area contributed by atoms with Crippen molar-refractivity contribution in [2.45, 2.75) is 47.1 Å². The molecule has 142 valence electrons. The number of carbonyl (C=O) groups is 1. The van der Waals surface area contributed by atoms with Gasteiger partial charge in [0.15, 0.2) is 0 Å². The zero-order chi connectivity index (χ0) is 18.6. The SMILES string of the molecule is Cc1cc(C[C@@H]2CN(CC(=O)N(CC(C)C)CC(C)C)C[C@H]2O)n[nH]1. The van der Waals surface area contributed by atoms with Gasteiger partial charge in [-0.1, -0.05) is 27.7 Å². The third-order valence-corrected chi connectivity index (χ3v) is 4.60. The summed E-state index contributed by atoms with van der Waals surface area (Å²) in [5.74, 6) is 1.23. The first kappa shape index (κ1) is 19.9. The molecule has 0 saturated carbocycles. The van der Waals surface area contributed by atoms with Gasteiger partial charge in [0.1, 0.15) is 0 Å². The van der Waals surface area contributed by atoms with E-state index in [9.17, 15) is 9.90 Å². The average Bonchev–Trinajstić information content (AvgIpc) is 3.04. The Hall–Kier alpha value is -1.40. The summed E-state index contributed by atoms with van der Waals surface area (Å²) in [5, 5.41) is 17.6. The second kappa shape index (κ2) is 8.81. The summed E-state index contributed by atoms with van der Waals surface area (Å²) in [5.41, 5.74) is 2.02. The first-order chi connectivity index (χ1) is 11.7. The van der Waals surface area contributed by atoms with E-state index in [2.05, 4.69) is 42.8 Å². The summed E-state index contributed by atoms with van der Waals surface area (Å²) in [7, 11) is 0. The third kappa shape index (κ3) is 6.12. The predicted octanol–water partition coefficient (Wildman–Crippen LogP) is 1.69. The maximum atomic E-state index is 12.7. The molecule has 25 heavy (non-hydrogen) atoms. The molecule has 0 spiro atoms. The molecule has 2 atom stereocenters. The van der Waals surface area contributed by atoms with Gasteiger partial charge in [-0.25, -0.2) is 0 Å². The van der Waals surface area contributed by atoms with E-state index in [-0.39, 0.29) is 11.8 Å². The third-order valence-electron chi connectivity index (χ3n) is 4.60. The molecule has 1 fully saturated rings. The van der Waals surface area contributed by atoms with Crippen LogP contribution in [-0.2, 0) is 11.2 Å². The van der Waals surface area contributed by atoms with Crippen LogP contribution in [0.4, 0.5) is 0 Å². The van der Waals surface area contributed by atoms with Gasteiger partial charge in [-0.3, -0.25) is 14.8 Å². The maximum Gasteiger partial charge on any atom is 0.236 e. The lowest BCUT2D eigenvalue weighted by Gasteiger charge is -2.28. The van der Waals surface area contributed by atoms with Gasteiger partial charge in [0, 0.05) is 37.8 Å². The van der Waals surface area contributed by atoms with Crippen LogP contribution in [0.1, 0.15) is 39.1 Å². The number of aliphatic hydroxyl groups excluding tert-OH is 1. The highest BCUT2D eigenvalue weighted by Crippen LogP contribution is 2.21. The molecule has 6 nitrogen and oxygen atoms in total. The topological polar surface area (TPSA) is 72.5 Å². The lowest BCUT2D eigenvalue weighted by Crippen LogP contribution is -2.43. The minimum absolute atomic E-state index is 0.138. The highest BCUT2D eigenvalue weighted by molar-refractivity contribution is 5.78. The van der Waals surface area contributed by atoms with Crippen molar-refractivity contribution in [3.63, 3.8) is 0 Å². The smallest absolute Gasteiger partial charge is 0.236 e. The van der Waals surface area contributed by atoms with Crippen molar-refractivity contribution in [1.29, 1.82) is 0 Å². The number of H-pyrrole nitrogens is 1. The summed E-state index contributed by atoms with van der Waals surface area (Å²) in [6.45, 7) is 13.8. The molecule has 1 aromatic rings. The van der Waals surface area contributed by atoms with Crippen LogP contribution in [0.5, 0.6) is 0 Å². The number of aryl methyl sites for hydroxylation is 1. The molecular weight excluding hydrogens is 316 g/mol. The van der Waals surface area contributed by atoms with Crippen LogP contribution >= 0.6 is 0 Å². The molecule has 0 bridgehead atoms. The zero-order valence-corrected chi connectivity index (χ0v) is 16.3. The number of aromatic amines is 1. The van der Waals surface area contributed by atoms with Crippen molar-refractivity contribution in [1.82, 2.24) is 20.0 Å². The normalized spacial score (nSPS) is 21.4. The van der Waals surface area contributed by atoms with Crippen LogP contribution < -0.4 is 0 Å². The van der Waals surface area contributed by atoms with Crippen LogP contribution in [0.25, 0.3) is 0 Å². The van der Waals surface area contributed by atoms with E-state index in [1.165, 1.54) is 0 Å². The van der Waals surface area contributed by atoms with Gasteiger partial charge in [0.05, 0.1) is 18.3 Å². The Morgan fingerprint density at radius 1 is 1.32 bits per heavy atom. The molecule has 2 rings (SSSR count). The summed E-state index contributed by atoms with van der Waals surface area (Å²) in [4.78, 5) is 16.8. The number of nitrogens with one attached hydrogen (secondary N) is 1. The van der Waals surface area contributed by atoms with Gasteiger partial charge < -0.3 is 10.0 Å². The molecule has 1 aromatic heterocycles. The molecule has 1 aliphatic heterocycles. The number of β-amino-alcohol motifs (C(OH)–C–C–N with tert-alkyl or cyclic N) is 1. The van der Waals surface area contributed by atoms with Gasteiger partial charge in [0.2, 0.25) is 5.91 Å². The number of aromatic nitrogens is 2. The van der Waals surface area contributed by atoms with Gasteiger partial charge in [-0.2, -0.15) is 5.10 Å². The van der Waals surface area contributed by atoms with Crippen molar-refractivity contribution in [2.75, 3.05) is 32.7 Å². The van der Waals surface area contributed by atoms with E-state index >= 15 is 0 Å². The van der Waals surface area contributed by atoms with Crippen molar-refractivity contribution >= 4 is 5.91 Å². The van der Waals surface area contributed by atoms with Crippen molar-refractivity contribution < 1.29 is 9.90 Å². The van der Waals surface area contributed by atoms with Gasteiger partial charge in [-0.05, 0) is 31.2 Å². The summed E-state index contributed by atoms with van der Waals surface area (Å²) >= 11 is 0. The molecule has 1 saturated heterocycles. The van der Waals surface area contributed by atoms with Crippen LogP contribution in [0.2, 0.25) is 0 Å². The Kier molecular flexibility index (Phi) is 7.02. The van der Waals surface area contributed by atoms with E-state index < -0.39 is 6.10 Å². The number of rotatable bonds is 8. The van der Waals surface area contributed by atoms with Crippen LogP contribution in [0.15, 0.2) is 6.07 Å². The minimum Gasteiger partial charge on any atom is -0.391 e. The summed E-state index contributed by atoms with van der Waals surface area (Å²) in [6, 6.07) is 2.02. The van der Waals surface area contributed by atoms with E-state index in [1.54, 1.807) is 0 Å². The second-order valence-corrected chi connectivity index (χ2v) is 8.35. The van der Waals surface area contributed by atoms with Crippen molar-refractivity contribution in [3.05, 3.63) is 17.5 Å². The van der Waals surface area contributed by atoms with E-state index in [0.717, 1.165) is 37.4 Å². The number of hydrogen-bond acceptors (Lipinski definition) is 4. The monoisotopic (exact) mass is 350 g/mol. The number of carbonyl (C=O) groups excluding carboxylic acids is 1. The number of likely N-dealkylation sites (tertiary alicyclic amines) is 1. The number of hydrogen-bond donors (Lipinski definition) is 2. The van der Waals surface area contributed by atoms with Crippen LogP contribution in [0, 0.1) is 24.7 Å². The van der Waals surface area contributed by atoms with Gasteiger partial charge in [0.25, 0.3) is 0 Å². The fraction of sp³-hybridized carbons (Fsp3) is 0.789. The molecule has 0 aliphatic carbocycles. The molecule has 1 aliphatic rings. The largest absolute Gasteiger partial charge is 0.391 e. The van der Waals surface area contributed by atoms with Crippen molar-refractivity contribution in [3.8, 4) is 0 Å².